The molecular formula is C14H16N4O3. The van der Waals surface area contributed by atoms with E-state index in [2.05, 4.69) is 15.7 Å². The summed E-state index contributed by atoms with van der Waals surface area (Å²) in [5.41, 5.74) is 1.01. The largest absolute Gasteiger partial charge is 0.479 e. The van der Waals surface area contributed by atoms with E-state index in [4.69, 9.17) is 0 Å². The van der Waals surface area contributed by atoms with Crippen molar-refractivity contribution >= 4 is 17.7 Å². The van der Waals surface area contributed by atoms with Gasteiger partial charge in [0.25, 0.3) is 0 Å². The van der Waals surface area contributed by atoms with Crippen LogP contribution < -0.4 is 10.6 Å². The Bertz CT molecular complexity index is 624. The zero-order valence-electron chi connectivity index (χ0n) is 11.5. The van der Waals surface area contributed by atoms with E-state index in [1.165, 1.54) is 6.20 Å². The third kappa shape index (κ3) is 3.82. The van der Waals surface area contributed by atoms with Crippen molar-refractivity contribution < 1.29 is 14.7 Å². The predicted octanol–water partition coefficient (Wildman–Crippen LogP) is 1.85. The van der Waals surface area contributed by atoms with Crippen LogP contribution in [-0.2, 0) is 11.3 Å². The van der Waals surface area contributed by atoms with Gasteiger partial charge in [-0.3, -0.25) is 4.68 Å². The van der Waals surface area contributed by atoms with Crippen LogP contribution >= 0.6 is 0 Å². The molecule has 1 heterocycles. The minimum Gasteiger partial charge on any atom is -0.479 e. The highest BCUT2D eigenvalue weighted by molar-refractivity contribution is 5.92. The number of urea groups is 1. The van der Waals surface area contributed by atoms with Crippen molar-refractivity contribution in [2.24, 2.45) is 0 Å². The number of carboxylic acid groups (broad SMARTS) is 1. The summed E-state index contributed by atoms with van der Waals surface area (Å²) < 4.78 is 1.65. The quantitative estimate of drug-likeness (QED) is 0.782. The molecule has 0 spiro atoms. The molecule has 0 radical (unpaired) electrons. The number of anilines is 1. The highest BCUT2D eigenvalue weighted by atomic mass is 16.4. The molecule has 0 fully saturated rings. The van der Waals surface area contributed by atoms with Gasteiger partial charge < -0.3 is 15.7 Å². The number of rotatable bonds is 5. The van der Waals surface area contributed by atoms with Gasteiger partial charge in [0.2, 0.25) is 0 Å². The lowest BCUT2D eigenvalue weighted by Gasteiger charge is -2.14. The van der Waals surface area contributed by atoms with Gasteiger partial charge >= 0.3 is 12.0 Å². The van der Waals surface area contributed by atoms with Gasteiger partial charge in [0.05, 0.1) is 11.9 Å². The van der Waals surface area contributed by atoms with E-state index < -0.39 is 18.0 Å². The lowest BCUT2D eigenvalue weighted by molar-refractivity contribution is -0.139. The Hall–Kier alpha value is -2.83. The fourth-order valence-electron chi connectivity index (χ4n) is 1.83. The molecule has 0 saturated carbocycles. The monoisotopic (exact) mass is 288 g/mol. The average molecular weight is 288 g/mol. The van der Waals surface area contributed by atoms with Crippen molar-refractivity contribution in [3.8, 4) is 0 Å². The van der Waals surface area contributed by atoms with Crippen molar-refractivity contribution in [1.82, 2.24) is 15.1 Å². The first-order valence-electron chi connectivity index (χ1n) is 6.48. The maximum absolute atomic E-state index is 11.9. The van der Waals surface area contributed by atoms with Crippen LogP contribution in [0, 0.1) is 0 Å². The molecule has 1 unspecified atom stereocenters. The highest BCUT2D eigenvalue weighted by Gasteiger charge is 2.21. The SMILES string of the molecule is CCn1cc(NC(=O)NC(C(=O)O)c2ccccc2)cn1. The van der Waals surface area contributed by atoms with E-state index in [0.717, 1.165) is 0 Å². The second-order valence-corrected chi connectivity index (χ2v) is 4.37. The number of nitrogens with zero attached hydrogens (tertiary/aromatic N) is 2. The molecular weight excluding hydrogens is 272 g/mol. The van der Waals surface area contributed by atoms with Crippen molar-refractivity contribution in [3.63, 3.8) is 0 Å². The first-order chi connectivity index (χ1) is 10.1. The van der Waals surface area contributed by atoms with Crippen molar-refractivity contribution in [3.05, 3.63) is 48.3 Å². The lowest BCUT2D eigenvalue weighted by Crippen LogP contribution is -2.36. The zero-order valence-corrected chi connectivity index (χ0v) is 11.5. The highest BCUT2D eigenvalue weighted by Crippen LogP contribution is 2.13. The molecule has 3 N–H and O–H groups in total. The summed E-state index contributed by atoms with van der Waals surface area (Å²) in [5.74, 6) is -1.12. The van der Waals surface area contributed by atoms with Gasteiger partial charge in [0.1, 0.15) is 0 Å². The van der Waals surface area contributed by atoms with Crippen LogP contribution in [0.25, 0.3) is 0 Å². The van der Waals surface area contributed by atoms with Crippen LogP contribution in [0.5, 0.6) is 0 Å². The van der Waals surface area contributed by atoms with E-state index in [1.807, 2.05) is 6.92 Å². The average Bonchev–Trinajstić information content (AvgIpc) is 2.93. The van der Waals surface area contributed by atoms with E-state index in [1.54, 1.807) is 41.2 Å². The van der Waals surface area contributed by atoms with Gasteiger partial charge in [-0.25, -0.2) is 9.59 Å². The number of hydrogen-bond donors (Lipinski definition) is 3. The maximum Gasteiger partial charge on any atom is 0.330 e. The Morgan fingerprint density at radius 2 is 2.05 bits per heavy atom. The summed E-state index contributed by atoms with van der Waals surface area (Å²) in [4.78, 5) is 23.2. The first kappa shape index (κ1) is 14.6. The Morgan fingerprint density at radius 1 is 1.33 bits per heavy atom. The number of carbonyl (C=O) groups excluding carboxylic acids is 1. The molecule has 2 aromatic rings. The van der Waals surface area contributed by atoms with Gasteiger partial charge in [0, 0.05) is 12.7 Å². The van der Waals surface area contributed by atoms with Crippen LogP contribution in [0.15, 0.2) is 42.7 Å². The van der Waals surface area contributed by atoms with Crippen molar-refractivity contribution in [2.45, 2.75) is 19.5 Å². The molecule has 21 heavy (non-hydrogen) atoms. The minimum atomic E-state index is -1.12. The molecule has 0 aliphatic heterocycles. The second kappa shape index (κ2) is 6.56. The van der Waals surface area contributed by atoms with E-state index in [9.17, 15) is 14.7 Å². The number of hydrogen-bond acceptors (Lipinski definition) is 3. The van der Waals surface area contributed by atoms with Crippen LogP contribution in [0.4, 0.5) is 10.5 Å². The Morgan fingerprint density at radius 3 is 2.62 bits per heavy atom. The summed E-state index contributed by atoms with van der Waals surface area (Å²) in [6, 6.07) is 6.81. The van der Waals surface area contributed by atoms with Gasteiger partial charge in [0.15, 0.2) is 6.04 Å². The predicted molar refractivity (Wildman–Crippen MR) is 76.9 cm³/mol. The zero-order chi connectivity index (χ0) is 15.2. The van der Waals surface area contributed by atoms with Gasteiger partial charge in [-0.05, 0) is 12.5 Å². The summed E-state index contributed by atoms with van der Waals surface area (Å²) in [7, 11) is 0. The van der Waals surface area contributed by atoms with Crippen LogP contribution in [0.2, 0.25) is 0 Å². The molecule has 0 bridgehead atoms. The van der Waals surface area contributed by atoms with Crippen LogP contribution in [0.3, 0.4) is 0 Å². The van der Waals surface area contributed by atoms with E-state index >= 15 is 0 Å². The van der Waals surface area contributed by atoms with Gasteiger partial charge in [-0.2, -0.15) is 5.10 Å². The number of carboxylic acids is 1. The first-order valence-corrected chi connectivity index (χ1v) is 6.48. The van der Waals surface area contributed by atoms with Gasteiger partial charge in [-0.1, -0.05) is 30.3 Å². The molecule has 0 aliphatic rings. The molecule has 1 aromatic carbocycles. The Kier molecular flexibility index (Phi) is 4.55. The number of aliphatic carboxylic acids is 1. The smallest absolute Gasteiger partial charge is 0.330 e. The maximum atomic E-state index is 11.9. The normalized spacial score (nSPS) is 11.7. The number of benzene rings is 1. The molecule has 0 saturated heterocycles. The molecule has 110 valence electrons. The molecule has 7 heteroatoms. The van der Waals surface area contributed by atoms with E-state index in [-0.39, 0.29) is 0 Å². The molecule has 1 atom stereocenters. The summed E-state index contributed by atoms with van der Waals surface area (Å²) in [5, 5.41) is 18.2. The summed E-state index contributed by atoms with van der Waals surface area (Å²) in [6.07, 6.45) is 3.17. The fourth-order valence-corrected chi connectivity index (χ4v) is 1.83. The Balaban J connectivity index is 2.03. The van der Waals surface area contributed by atoms with E-state index in [0.29, 0.717) is 17.8 Å². The number of aromatic nitrogens is 2. The van der Waals surface area contributed by atoms with Gasteiger partial charge in [-0.15, -0.1) is 0 Å². The number of aryl methyl sites for hydroxylation is 1. The fraction of sp³-hybridized carbons (Fsp3) is 0.214. The molecule has 1 aromatic heterocycles. The standard InChI is InChI=1S/C14H16N4O3/c1-2-18-9-11(8-15-18)16-14(21)17-12(13(19)20)10-6-4-3-5-7-10/h3-9,12H,2H2,1H3,(H,19,20)(H2,16,17,21). The summed E-state index contributed by atoms with van der Waals surface area (Å²) in [6.45, 7) is 2.61. The number of carbonyl (C=O) groups is 2. The summed E-state index contributed by atoms with van der Waals surface area (Å²) >= 11 is 0. The molecule has 7 nitrogen and oxygen atoms in total. The molecule has 0 aliphatic carbocycles. The minimum absolute atomic E-state index is 0.504. The Labute approximate surface area is 121 Å². The second-order valence-electron chi connectivity index (χ2n) is 4.37. The molecule has 2 amide bonds. The topological polar surface area (TPSA) is 96.2 Å². The number of amides is 2. The third-order valence-electron chi connectivity index (χ3n) is 2.87. The van der Waals surface area contributed by atoms with Crippen molar-refractivity contribution in [1.29, 1.82) is 0 Å². The number of nitrogens with one attached hydrogen (secondary N) is 2. The van der Waals surface area contributed by atoms with Crippen molar-refractivity contribution in [2.75, 3.05) is 5.32 Å². The van der Waals surface area contributed by atoms with Crippen LogP contribution in [-0.4, -0.2) is 26.9 Å². The van der Waals surface area contributed by atoms with Crippen LogP contribution in [0.1, 0.15) is 18.5 Å². The molecule has 2 rings (SSSR count). The third-order valence-corrected chi connectivity index (χ3v) is 2.87. The lowest BCUT2D eigenvalue weighted by atomic mass is 10.1.